The first-order valence-electron chi connectivity index (χ1n) is 13.3. The van der Waals surface area contributed by atoms with E-state index in [1.807, 2.05) is 77.1 Å². The van der Waals surface area contributed by atoms with Crippen molar-refractivity contribution in [2.75, 3.05) is 13.2 Å². The van der Waals surface area contributed by atoms with Gasteiger partial charge in [0.25, 0.3) is 0 Å². The Hall–Kier alpha value is -3.68. The quantitative estimate of drug-likeness (QED) is 0.288. The highest BCUT2D eigenvalue weighted by Gasteiger charge is 2.52. The third-order valence-corrected chi connectivity index (χ3v) is 8.05. The fraction of sp³-hybridized carbons (Fsp3) is 0.312. The molecule has 0 atom stereocenters. The molecule has 1 heterocycles. The molecular weight excluding hydrogens is 489 g/mol. The second-order valence-corrected chi connectivity index (χ2v) is 11.2. The van der Waals surface area contributed by atoms with Crippen molar-refractivity contribution in [1.29, 1.82) is 0 Å². The van der Waals surface area contributed by atoms with E-state index >= 15 is 0 Å². The number of hydrogen-bond donors (Lipinski definition) is 1. The third-order valence-electron chi connectivity index (χ3n) is 8.05. The van der Waals surface area contributed by atoms with Gasteiger partial charge in [-0.15, -0.1) is 0 Å². The number of carbonyl (C=O) groups excluding carboxylic acids is 2. The highest BCUT2D eigenvalue weighted by Crippen LogP contribution is 2.44. The van der Waals surface area contributed by atoms with Gasteiger partial charge in [-0.3, -0.25) is 4.79 Å². The van der Waals surface area contributed by atoms with Gasteiger partial charge in [0, 0.05) is 18.0 Å². The summed E-state index contributed by atoms with van der Waals surface area (Å²) < 4.78 is 18.3. The minimum Gasteiger partial charge on any atom is -0.449 e. The molecule has 0 unspecified atom stereocenters. The number of aryl methyl sites for hydroxylation is 1. The average molecular weight is 523 g/mol. The summed E-state index contributed by atoms with van der Waals surface area (Å²) in [6, 6.07) is 22.1. The molecule has 1 aliphatic carbocycles. The van der Waals surface area contributed by atoms with E-state index in [1.54, 1.807) is 6.07 Å². The van der Waals surface area contributed by atoms with E-state index in [4.69, 9.17) is 14.0 Å². The van der Waals surface area contributed by atoms with Crippen LogP contribution in [0.2, 0.25) is 0 Å². The second-order valence-electron chi connectivity index (χ2n) is 11.2. The first-order valence-corrected chi connectivity index (χ1v) is 13.3. The molecule has 1 fully saturated rings. The summed E-state index contributed by atoms with van der Waals surface area (Å²) in [4.78, 5) is 24.6. The van der Waals surface area contributed by atoms with E-state index in [0.29, 0.717) is 11.0 Å². The van der Waals surface area contributed by atoms with Crippen molar-refractivity contribution >= 4 is 25.6 Å². The van der Waals surface area contributed by atoms with Crippen molar-refractivity contribution in [3.8, 4) is 11.1 Å². The van der Waals surface area contributed by atoms with Crippen molar-refractivity contribution in [3.63, 3.8) is 0 Å². The number of fused-ring (bicyclic) bond motifs is 3. The maximum atomic E-state index is 12.9. The fourth-order valence-corrected chi connectivity index (χ4v) is 5.15. The molecule has 200 valence electrons. The standard InChI is InChI=1S/C32H34BNO5/c1-21-14-15-22(19-35)23(16-21)17-24(33-38-31(2,3)32(4,5)39-33)18-34-30(36)37-20-29-27-12-8-6-10-25(27)26-11-7-9-13-28(26)29/h6-17,19,29H,18,20H2,1-5H3,(H,34,36). The number of alkyl carbamates (subject to hydrolysis) is 1. The minimum absolute atomic E-state index is 0.0243. The van der Waals surface area contributed by atoms with Crippen LogP contribution < -0.4 is 5.32 Å². The predicted molar refractivity (Wildman–Crippen MR) is 154 cm³/mol. The maximum Gasteiger partial charge on any atom is 0.492 e. The Morgan fingerprint density at radius 3 is 2.10 bits per heavy atom. The molecule has 0 saturated carbocycles. The smallest absolute Gasteiger partial charge is 0.449 e. The van der Waals surface area contributed by atoms with Crippen LogP contribution in [0.4, 0.5) is 4.79 Å². The molecule has 0 radical (unpaired) electrons. The van der Waals surface area contributed by atoms with Gasteiger partial charge in [0.1, 0.15) is 6.61 Å². The van der Waals surface area contributed by atoms with Gasteiger partial charge in [-0.2, -0.15) is 0 Å². The molecule has 3 aromatic rings. The molecule has 7 heteroatoms. The topological polar surface area (TPSA) is 73.9 Å². The lowest BCUT2D eigenvalue weighted by molar-refractivity contribution is 0.00578. The van der Waals surface area contributed by atoms with Crippen molar-refractivity contribution < 1.29 is 23.6 Å². The van der Waals surface area contributed by atoms with E-state index in [0.717, 1.165) is 28.5 Å². The molecule has 3 aromatic carbocycles. The van der Waals surface area contributed by atoms with Gasteiger partial charge in [-0.1, -0.05) is 78.4 Å². The zero-order valence-corrected chi connectivity index (χ0v) is 23.1. The molecule has 0 bridgehead atoms. The number of aldehydes is 1. The Labute approximate surface area is 230 Å². The number of amides is 1. The van der Waals surface area contributed by atoms with Crippen LogP contribution in [0.3, 0.4) is 0 Å². The monoisotopic (exact) mass is 523 g/mol. The molecule has 2 aliphatic rings. The van der Waals surface area contributed by atoms with Crippen molar-refractivity contribution in [3.05, 3.63) is 100 Å². The van der Waals surface area contributed by atoms with Crippen LogP contribution in [0.1, 0.15) is 66.2 Å². The highest BCUT2D eigenvalue weighted by molar-refractivity contribution is 6.56. The van der Waals surface area contributed by atoms with Crippen LogP contribution in [0.5, 0.6) is 0 Å². The average Bonchev–Trinajstić information content (AvgIpc) is 3.34. The number of rotatable bonds is 7. The van der Waals surface area contributed by atoms with Crippen LogP contribution in [0.15, 0.2) is 72.2 Å². The van der Waals surface area contributed by atoms with Crippen LogP contribution >= 0.6 is 0 Å². The summed E-state index contributed by atoms with van der Waals surface area (Å²) in [5.74, 6) is -0.0243. The Bertz CT molecular complexity index is 1380. The summed E-state index contributed by atoms with van der Waals surface area (Å²) in [6.45, 7) is 10.2. The van der Waals surface area contributed by atoms with E-state index in [2.05, 4.69) is 29.6 Å². The van der Waals surface area contributed by atoms with E-state index in [1.165, 1.54) is 11.1 Å². The van der Waals surface area contributed by atoms with E-state index in [9.17, 15) is 9.59 Å². The van der Waals surface area contributed by atoms with Crippen LogP contribution in [0.25, 0.3) is 17.2 Å². The van der Waals surface area contributed by atoms with Gasteiger partial charge >= 0.3 is 13.2 Å². The maximum absolute atomic E-state index is 12.9. The van der Waals surface area contributed by atoms with Crippen LogP contribution in [0, 0.1) is 6.92 Å². The Kier molecular flexibility index (Phi) is 7.23. The highest BCUT2D eigenvalue weighted by atomic mass is 16.7. The van der Waals surface area contributed by atoms with Crippen molar-refractivity contribution in [2.45, 2.75) is 51.7 Å². The van der Waals surface area contributed by atoms with E-state index < -0.39 is 24.4 Å². The fourth-order valence-electron chi connectivity index (χ4n) is 5.15. The SMILES string of the molecule is Cc1ccc(C=O)c(C=C(CNC(=O)OCC2c3ccccc3-c3ccccc32)B2OC(C)(C)C(C)(C)O2)c1. The lowest BCUT2D eigenvalue weighted by Gasteiger charge is -2.32. The zero-order chi connectivity index (χ0) is 27.8. The van der Waals surface area contributed by atoms with Crippen molar-refractivity contribution in [1.82, 2.24) is 5.32 Å². The molecule has 1 amide bonds. The summed E-state index contributed by atoms with van der Waals surface area (Å²) >= 11 is 0. The van der Waals surface area contributed by atoms with Crippen molar-refractivity contribution in [2.24, 2.45) is 0 Å². The number of carbonyl (C=O) groups is 2. The summed E-state index contributed by atoms with van der Waals surface area (Å²) in [5, 5.41) is 2.88. The summed E-state index contributed by atoms with van der Waals surface area (Å²) in [6.07, 6.45) is 2.16. The van der Waals surface area contributed by atoms with Crippen LogP contribution in [-0.2, 0) is 14.0 Å². The third kappa shape index (κ3) is 5.29. The normalized spacial score (nSPS) is 17.5. The molecule has 6 nitrogen and oxygen atoms in total. The molecule has 0 aromatic heterocycles. The second kappa shape index (κ2) is 10.5. The molecule has 1 saturated heterocycles. The first-order chi connectivity index (χ1) is 18.6. The molecule has 5 rings (SSSR count). The van der Waals surface area contributed by atoms with Gasteiger partial charge in [0.05, 0.1) is 11.2 Å². The molecular formula is C32H34BNO5. The number of nitrogens with one attached hydrogen (secondary N) is 1. The minimum atomic E-state index is -0.691. The predicted octanol–water partition coefficient (Wildman–Crippen LogP) is 6.36. The Morgan fingerprint density at radius 1 is 0.923 bits per heavy atom. The zero-order valence-electron chi connectivity index (χ0n) is 23.1. The largest absolute Gasteiger partial charge is 0.492 e. The van der Waals surface area contributed by atoms with Gasteiger partial charge in [0.2, 0.25) is 0 Å². The van der Waals surface area contributed by atoms with Crippen LogP contribution in [-0.4, -0.2) is 43.9 Å². The number of ether oxygens (including phenoxy) is 1. The number of hydrogen-bond acceptors (Lipinski definition) is 5. The summed E-state index contributed by atoms with van der Waals surface area (Å²) in [5.41, 5.74) is 6.56. The Balaban J connectivity index is 1.33. The number of benzene rings is 3. The van der Waals surface area contributed by atoms with E-state index in [-0.39, 0.29) is 19.1 Å². The Morgan fingerprint density at radius 2 is 1.51 bits per heavy atom. The molecule has 0 spiro atoms. The summed E-state index contributed by atoms with van der Waals surface area (Å²) in [7, 11) is -0.691. The first kappa shape index (κ1) is 26.9. The lowest BCUT2D eigenvalue weighted by Crippen LogP contribution is -2.41. The lowest BCUT2D eigenvalue weighted by atomic mass is 9.76. The van der Waals surface area contributed by atoms with Gasteiger partial charge < -0.3 is 19.4 Å². The van der Waals surface area contributed by atoms with Gasteiger partial charge in [0.15, 0.2) is 6.29 Å². The molecule has 1 N–H and O–H groups in total. The van der Waals surface area contributed by atoms with Gasteiger partial charge in [-0.05, 0) is 67.9 Å². The molecule has 1 aliphatic heterocycles. The van der Waals surface area contributed by atoms with Gasteiger partial charge in [-0.25, -0.2) is 4.79 Å². The molecule has 39 heavy (non-hydrogen) atoms.